The van der Waals surface area contributed by atoms with Gasteiger partial charge in [-0.1, -0.05) is 0 Å². The van der Waals surface area contributed by atoms with Crippen molar-refractivity contribution in [1.82, 2.24) is 24.9 Å². The summed E-state index contributed by atoms with van der Waals surface area (Å²) in [5.41, 5.74) is 2.09. The second kappa shape index (κ2) is 7.04. The minimum absolute atomic E-state index is 0.214. The van der Waals surface area contributed by atoms with Gasteiger partial charge >= 0.3 is 6.01 Å². The summed E-state index contributed by atoms with van der Waals surface area (Å²) in [4.78, 5) is 23.0. The molecule has 4 heterocycles. The summed E-state index contributed by atoms with van der Waals surface area (Å²) in [6.07, 6.45) is 8.31. The van der Waals surface area contributed by atoms with Gasteiger partial charge in [-0.05, 0) is 43.2 Å². The zero-order valence-corrected chi connectivity index (χ0v) is 17.1. The van der Waals surface area contributed by atoms with Gasteiger partial charge in [-0.2, -0.15) is 9.97 Å². The normalized spacial score (nSPS) is 20.5. The number of nitrogens with zero attached hydrogens (tertiary/aromatic N) is 5. The van der Waals surface area contributed by atoms with Crippen LogP contribution >= 0.6 is 0 Å². The van der Waals surface area contributed by atoms with E-state index >= 15 is 0 Å². The van der Waals surface area contributed by atoms with Gasteiger partial charge in [0.25, 0.3) is 0 Å². The van der Waals surface area contributed by atoms with E-state index in [-0.39, 0.29) is 11.8 Å². The maximum absolute atomic E-state index is 14.4. The van der Waals surface area contributed by atoms with Crippen molar-refractivity contribution >= 4 is 33.4 Å². The Morgan fingerprint density at radius 2 is 1.97 bits per heavy atom. The summed E-state index contributed by atoms with van der Waals surface area (Å²) in [6.45, 7) is 1.87. The minimum Gasteiger partial charge on any atom is -0.421 e. The lowest BCUT2D eigenvalue weighted by Gasteiger charge is -2.46. The molecule has 2 N–H and O–H groups in total. The molecule has 2 unspecified atom stereocenters. The van der Waals surface area contributed by atoms with Crippen molar-refractivity contribution in [2.75, 3.05) is 30.4 Å². The fourth-order valence-corrected chi connectivity index (χ4v) is 4.89. The van der Waals surface area contributed by atoms with E-state index in [0.29, 0.717) is 23.0 Å². The summed E-state index contributed by atoms with van der Waals surface area (Å²) in [5, 5.41) is 4.65. The molecule has 1 saturated carbocycles. The Kier molecular flexibility index (Phi) is 4.15. The van der Waals surface area contributed by atoms with Crippen LogP contribution < -0.4 is 15.0 Å². The molecular weight excluding hydrogens is 397 g/mol. The van der Waals surface area contributed by atoms with Gasteiger partial charge in [-0.25, -0.2) is 14.4 Å². The standard InChI is InChI=1S/C22H22FN7O/c1-24-17-7-14(23)6-16-18-20(27-19(16)17)28-22(31-15-8-25-11-26-9-15)29-21(18)30-5-4-12-2-3-13(12)10-30/h6-9,11-13,24H,2-5,10H2,1H3,(H,27,28,29). The molecule has 2 atom stereocenters. The van der Waals surface area contributed by atoms with Crippen molar-refractivity contribution < 1.29 is 9.13 Å². The summed E-state index contributed by atoms with van der Waals surface area (Å²) in [6, 6.07) is 3.23. The van der Waals surface area contributed by atoms with Gasteiger partial charge in [0.05, 0.1) is 29.0 Å². The lowest BCUT2D eigenvalue weighted by Crippen LogP contribution is -2.45. The van der Waals surface area contributed by atoms with Crippen molar-refractivity contribution in [3.05, 3.63) is 36.7 Å². The SMILES string of the molecule is CNc1cc(F)cc2c1[nH]c1nc(Oc3cncnc3)nc(N3CCC4CCC4C3)c12. The van der Waals surface area contributed by atoms with Crippen LogP contribution in [-0.4, -0.2) is 45.1 Å². The number of H-pyrrole nitrogens is 1. The number of anilines is 2. The maximum Gasteiger partial charge on any atom is 0.326 e. The molecule has 2 aliphatic rings. The molecule has 2 fully saturated rings. The number of ether oxygens (including phenoxy) is 1. The lowest BCUT2D eigenvalue weighted by atomic mass is 9.69. The quantitative estimate of drug-likeness (QED) is 0.514. The van der Waals surface area contributed by atoms with Crippen LogP contribution in [0.3, 0.4) is 0 Å². The van der Waals surface area contributed by atoms with Crippen LogP contribution in [0.5, 0.6) is 11.8 Å². The third kappa shape index (κ3) is 3.03. The van der Waals surface area contributed by atoms with E-state index in [9.17, 15) is 4.39 Å². The Balaban J connectivity index is 1.54. The number of halogens is 1. The van der Waals surface area contributed by atoms with Gasteiger partial charge in [0.1, 0.15) is 23.6 Å². The molecule has 1 aliphatic heterocycles. The van der Waals surface area contributed by atoms with Crippen molar-refractivity contribution in [3.63, 3.8) is 0 Å². The molecule has 6 rings (SSSR count). The summed E-state index contributed by atoms with van der Waals surface area (Å²) in [5.74, 6) is 2.45. The van der Waals surface area contributed by atoms with Gasteiger partial charge in [0.2, 0.25) is 0 Å². The second-order valence-corrected chi connectivity index (χ2v) is 8.31. The van der Waals surface area contributed by atoms with E-state index in [2.05, 4.69) is 30.2 Å². The fraction of sp³-hybridized carbons (Fsp3) is 0.364. The summed E-state index contributed by atoms with van der Waals surface area (Å²) < 4.78 is 20.3. The number of fused-ring (bicyclic) bond motifs is 4. The second-order valence-electron chi connectivity index (χ2n) is 8.31. The van der Waals surface area contributed by atoms with Crippen LogP contribution in [0.2, 0.25) is 0 Å². The monoisotopic (exact) mass is 419 g/mol. The number of rotatable bonds is 4. The zero-order valence-electron chi connectivity index (χ0n) is 17.1. The van der Waals surface area contributed by atoms with Crippen molar-refractivity contribution in [2.45, 2.75) is 19.3 Å². The number of hydrogen-bond donors (Lipinski definition) is 2. The minimum atomic E-state index is -0.303. The predicted molar refractivity (Wildman–Crippen MR) is 116 cm³/mol. The molecule has 1 saturated heterocycles. The Morgan fingerprint density at radius 1 is 1.13 bits per heavy atom. The third-order valence-corrected chi connectivity index (χ3v) is 6.60. The fourth-order valence-electron chi connectivity index (χ4n) is 4.89. The van der Waals surface area contributed by atoms with Crippen LogP contribution in [-0.2, 0) is 0 Å². The van der Waals surface area contributed by atoms with Crippen LogP contribution in [0.1, 0.15) is 19.3 Å². The number of nitrogens with one attached hydrogen (secondary N) is 2. The molecule has 0 radical (unpaired) electrons. The number of aromatic amines is 1. The van der Waals surface area contributed by atoms with Crippen molar-refractivity contribution in [2.24, 2.45) is 11.8 Å². The molecular formula is C22H22FN7O. The highest BCUT2D eigenvalue weighted by molar-refractivity contribution is 6.14. The summed E-state index contributed by atoms with van der Waals surface area (Å²) in [7, 11) is 1.78. The first-order valence-electron chi connectivity index (χ1n) is 10.6. The topological polar surface area (TPSA) is 91.8 Å². The van der Waals surface area contributed by atoms with E-state index in [1.165, 1.54) is 25.2 Å². The zero-order chi connectivity index (χ0) is 20.9. The molecule has 8 nitrogen and oxygen atoms in total. The van der Waals surface area contributed by atoms with Crippen LogP contribution in [0.15, 0.2) is 30.9 Å². The van der Waals surface area contributed by atoms with Gasteiger partial charge in [-0.15, -0.1) is 0 Å². The van der Waals surface area contributed by atoms with Crippen LogP contribution in [0.25, 0.3) is 21.9 Å². The molecule has 4 aromatic rings. The van der Waals surface area contributed by atoms with E-state index < -0.39 is 0 Å². The van der Waals surface area contributed by atoms with Crippen LogP contribution in [0.4, 0.5) is 15.9 Å². The van der Waals surface area contributed by atoms with Crippen molar-refractivity contribution in [3.8, 4) is 11.8 Å². The Bertz CT molecular complexity index is 1280. The number of piperidine rings is 1. The number of benzene rings is 1. The third-order valence-electron chi connectivity index (χ3n) is 6.60. The molecule has 31 heavy (non-hydrogen) atoms. The van der Waals surface area contributed by atoms with E-state index in [1.807, 2.05) is 0 Å². The molecule has 1 aliphatic carbocycles. The molecule has 3 aromatic heterocycles. The first-order chi connectivity index (χ1) is 15.2. The largest absolute Gasteiger partial charge is 0.421 e. The maximum atomic E-state index is 14.4. The van der Waals surface area contributed by atoms with Gasteiger partial charge in [0.15, 0.2) is 5.75 Å². The molecule has 9 heteroatoms. The Morgan fingerprint density at radius 3 is 2.71 bits per heavy atom. The number of hydrogen-bond acceptors (Lipinski definition) is 7. The van der Waals surface area contributed by atoms with Gasteiger partial charge in [-0.3, -0.25) is 0 Å². The highest BCUT2D eigenvalue weighted by Gasteiger charge is 2.37. The Hall–Kier alpha value is -3.49. The number of aromatic nitrogens is 5. The van der Waals surface area contributed by atoms with E-state index in [4.69, 9.17) is 9.72 Å². The highest BCUT2D eigenvalue weighted by Crippen LogP contribution is 2.44. The van der Waals surface area contributed by atoms with Gasteiger partial charge < -0.3 is 19.9 Å². The predicted octanol–water partition coefficient (Wildman–Crippen LogP) is 4.11. The summed E-state index contributed by atoms with van der Waals surface area (Å²) >= 11 is 0. The highest BCUT2D eigenvalue weighted by atomic mass is 19.1. The van der Waals surface area contributed by atoms with Gasteiger partial charge in [0, 0.05) is 25.5 Å². The first kappa shape index (κ1) is 18.3. The molecule has 0 amide bonds. The average Bonchev–Trinajstić information content (AvgIpc) is 3.12. The van der Waals surface area contributed by atoms with E-state index in [0.717, 1.165) is 47.5 Å². The smallest absolute Gasteiger partial charge is 0.326 e. The van der Waals surface area contributed by atoms with Crippen LogP contribution in [0, 0.1) is 17.7 Å². The van der Waals surface area contributed by atoms with Crippen molar-refractivity contribution in [1.29, 1.82) is 0 Å². The molecule has 1 aromatic carbocycles. The Labute approximate surface area is 177 Å². The molecule has 0 spiro atoms. The molecule has 158 valence electrons. The average molecular weight is 419 g/mol. The first-order valence-corrected chi connectivity index (χ1v) is 10.6. The molecule has 0 bridgehead atoms. The van der Waals surface area contributed by atoms with E-state index in [1.54, 1.807) is 25.5 Å². The lowest BCUT2D eigenvalue weighted by molar-refractivity contribution is 0.145.